The Morgan fingerprint density at radius 2 is 1.52 bits per heavy atom. The van der Waals surface area contributed by atoms with Crippen LogP contribution in [0.15, 0.2) is 23.5 Å². The molecular weight excluding hydrogens is 404 g/mol. The van der Waals surface area contributed by atoms with Crippen molar-refractivity contribution in [3.8, 4) is 0 Å². The fourth-order valence-corrected chi connectivity index (χ4v) is 4.02. The van der Waals surface area contributed by atoms with Gasteiger partial charge >= 0.3 is 0 Å². The van der Waals surface area contributed by atoms with Crippen molar-refractivity contribution in [1.82, 2.24) is 9.97 Å². The van der Waals surface area contributed by atoms with Crippen LogP contribution in [-0.4, -0.2) is 36.2 Å². The zero-order valence-electron chi connectivity index (χ0n) is 20.3. The zero-order valence-corrected chi connectivity index (χ0v) is 21.1. The Morgan fingerprint density at radius 3 is 2.10 bits per heavy atom. The Balaban J connectivity index is 2.09. The molecule has 1 amide bonds. The number of amides is 1. The minimum Gasteiger partial charge on any atom is -0.361 e. The van der Waals surface area contributed by atoms with Crippen LogP contribution in [0.4, 0.5) is 11.5 Å². The summed E-state index contributed by atoms with van der Waals surface area (Å²) in [5, 5.41) is 3.83. The molecule has 0 aliphatic carbocycles. The molecule has 1 aromatic rings. The van der Waals surface area contributed by atoms with Gasteiger partial charge in [0, 0.05) is 20.5 Å². The number of anilines is 2. The minimum atomic E-state index is 0.0471. The van der Waals surface area contributed by atoms with E-state index in [0.29, 0.717) is 6.42 Å². The molecule has 0 spiro atoms. The van der Waals surface area contributed by atoms with Gasteiger partial charge in [0.05, 0.1) is 0 Å². The third-order valence-corrected chi connectivity index (χ3v) is 6.04. The molecule has 0 saturated carbocycles. The van der Waals surface area contributed by atoms with Crippen molar-refractivity contribution in [2.75, 3.05) is 30.6 Å². The molecule has 0 unspecified atom stereocenters. The van der Waals surface area contributed by atoms with E-state index in [1.165, 1.54) is 82.4 Å². The highest BCUT2D eigenvalue weighted by Gasteiger charge is 2.15. The molecule has 0 aliphatic rings. The topological polar surface area (TPSA) is 58.1 Å². The summed E-state index contributed by atoms with van der Waals surface area (Å²) < 4.78 is 0. The van der Waals surface area contributed by atoms with E-state index < -0.39 is 0 Å². The summed E-state index contributed by atoms with van der Waals surface area (Å²) in [5.41, 5.74) is 0.720. The lowest BCUT2D eigenvalue weighted by Crippen LogP contribution is -2.18. The van der Waals surface area contributed by atoms with Crippen molar-refractivity contribution in [2.45, 2.75) is 102 Å². The van der Waals surface area contributed by atoms with Gasteiger partial charge in [0.15, 0.2) is 5.82 Å². The van der Waals surface area contributed by atoms with Gasteiger partial charge in [-0.05, 0) is 38.4 Å². The van der Waals surface area contributed by atoms with Crippen molar-refractivity contribution >= 4 is 29.2 Å². The highest BCUT2D eigenvalue weighted by atomic mass is 32.2. The fourth-order valence-electron chi connectivity index (χ4n) is 3.52. The maximum atomic E-state index is 12.4. The van der Waals surface area contributed by atoms with Crippen LogP contribution in [0.2, 0.25) is 0 Å². The average Bonchev–Trinajstić information content (AvgIpc) is 2.76. The highest BCUT2D eigenvalue weighted by molar-refractivity contribution is 7.98. The Morgan fingerprint density at radius 1 is 0.935 bits per heavy atom. The first kappa shape index (κ1) is 27.5. The molecule has 1 rings (SSSR count). The van der Waals surface area contributed by atoms with E-state index in [0.717, 1.165) is 29.4 Å². The standard InChI is InChI=1S/C25H44N4OS/c1-5-6-7-8-9-10-11-12-13-14-15-16-17-18-19-20-22(30)28-23-24(29(2)3)26-21-27-25(23)31-4/h12-13,21H,5-11,14-20H2,1-4H3,(H,28,30). The molecular formula is C25H44N4OS. The number of rotatable bonds is 18. The Hall–Kier alpha value is -1.56. The molecule has 1 heterocycles. The molecule has 0 aliphatic heterocycles. The second-order valence-corrected chi connectivity index (χ2v) is 9.15. The first-order chi connectivity index (χ1) is 15.1. The second kappa shape index (κ2) is 18.1. The van der Waals surface area contributed by atoms with Gasteiger partial charge in [0.25, 0.3) is 0 Å². The summed E-state index contributed by atoms with van der Waals surface area (Å²) in [6, 6.07) is 0. The normalized spacial score (nSPS) is 11.2. The largest absolute Gasteiger partial charge is 0.361 e. The number of hydrogen-bond donors (Lipinski definition) is 1. The predicted octanol–water partition coefficient (Wildman–Crippen LogP) is 7.24. The molecule has 6 heteroatoms. The second-order valence-electron chi connectivity index (χ2n) is 8.36. The maximum absolute atomic E-state index is 12.4. The molecule has 0 bridgehead atoms. The van der Waals surface area contributed by atoms with Crippen LogP contribution in [0.25, 0.3) is 0 Å². The molecule has 176 valence electrons. The summed E-state index contributed by atoms with van der Waals surface area (Å²) in [4.78, 5) is 22.9. The number of nitrogens with one attached hydrogen (secondary N) is 1. The van der Waals surface area contributed by atoms with E-state index in [2.05, 4.69) is 34.4 Å². The number of aromatic nitrogens is 2. The number of allylic oxidation sites excluding steroid dienone is 2. The van der Waals surface area contributed by atoms with Gasteiger partial charge in [-0.2, -0.15) is 0 Å². The number of hydrogen-bond acceptors (Lipinski definition) is 5. The first-order valence-corrected chi connectivity index (χ1v) is 13.3. The zero-order chi connectivity index (χ0) is 22.7. The van der Waals surface area contributed by atoms with Crippen molar-refractivity contribution in [2.24, 2.45) is 0 Å². The molecule has 0 fully saturated rings. The van der Waals surface area contributed by atoms with Crippen LogP contribution >= 0.6 is 11.8 Å². The van der Waals surface area contributed by atoms with Crippen LogP contribution < -0.4 is 10.2 Å². The van der Waals surface area contributed by atoms with Crippen LogP contribution in [-0.2, 0) is 4.79 Å². The van der Waals surface area contributed by atoms with E-state index in [9.17, 15) is 4.79 Å². The van der Waals surface area contributed by atoms with Gasteiger partial charge in [-0.15, -0.1) is 11.8 Å². The van der Waals surface area contributed by atoms with Crippen LogP contribution in [0.5, 0.6) is 0 Å². The van der Waals surface area contributed by atoms with E-state index >= 15 is 0 Å². The molecule has 1 aromatic heterocycles. The molecule has 0 atom stereocenters. The third kappa shape index (κ3) is 12.8. The monoisotopic (exact) mass is 448 g/mol. The molecule has 0 saturated heterocycles. The molecule has 0 aromatic carbocycles. The van der Waals surface area contributed by atoms with Crippen molar-refractivity contribution < 1.29 is 4.79 Å². The molecule has 0 radical (unpaired) electrons. The van der Waals surface area contributed by atoms with Gasteiger partial charge in [-0.25, -0.2) is 9.97 Å². The summed E-state index contributed by atoms with van der Waals surface area (Å²) in [6.45, 7) is 2.27. The van der Waals surface area contributed by atoms with E-state index in [4.69, 9.17) is 0 Å². The third-order valence-electron chi connectivity index (χ3n) is 5.34. The Bertz CT molecular complexity index is 634. The first-order valence-electron chi connectivity index (χ1n) is 12.1. The van der Waals surface area contributed by atoms with Crippen LogP contribution in [0.1, 0.15) is 96.8 Å². The van der Waals surface area contributed by atoms with Crippen molar-refractivity contribution in [1.29, 1.82) is 0 Å². The highest BCUT2D eigenvalue weighted by Crippen LogP contribution is 2.30. The maximum Gasteiger partial charge on any atom is 0.224 e. The predicted molar refractivity (Wildman–Crippen MR) is 136 cm³/mol. The molecule has 31 heavy (non-hydrogen) atoms. The Labute approximate surface area is 194 Å². The van der Waals surface area contributed by atoms with Gasteiger partial charge in [-0.3, -0.25) is 4.79 Å². The lowest BCUT2D eigenvalue weighted by Gasteiger charge is -2.18. The van der Waals surface area contributed by atoms with E-state index in [1.54, 1.807) is 6.33 Å². The molecule has 5 nitrogen and oxygen atoms in total. The van der Waals surface area contributed by atoms with Gasteiger partial charge < -0.3 is 10.2 Å². The number of nitrogens with zero attached hydrogens (tertiary/aromatic N) is 3. The van der Waals surface area contributed by atoms with E-state index in [1.807, 2.05) is 25.3 Å². The smallest absolute Gasteiger partial charge is 0.224 e. The van der Waals surface area contributed by atoms with Crippen LogP contribution in [0.3, 0.4) is 0 Å². The van der Waals surface area contributed by atoms with E-state index in [-0.39, 0.29) is 5.91 Å². The molecule has 1 N–H and O–H groups in total. The quantitative estimate of drug-likeness (QED) is 0.111. The summed E-state index contributed by atoms with van der Waals surface area (Å²) in [5.74, 6) is 0.795. The lowest BCUT2D eigenvalue weighted by molar-refractivity contribution is -0.116. The lowest BCUT2D eigenvalue weighted by atomic mass is 10.1. The average molecular weight is 449 g/mol. The summed E-state index contributed by atoms with van der Waals surface area (Å²) in [7, 11) is 3.85. The van der Waals surface area contributed by atoms with Gasteiger partial charge in [0.2, 0.25) is 5.91 Å². The Kier molecular flexibility index (Phi) is 16.0. The summed E-state index contributed by atoms with van der Waals surface area (Å²) >= 11 is 1.52. The number of unbranched alkanes of at least 4 members (excludes halogenated alkanes) is 11. The van der Waals surface area contributed by atoms with Crippen molar-refractivity contribution in [3.05, 3.63) is 18.5 Å². The minimum absolute atomic E-state index is 0.0471. The van der Waals surface area contributed by atoms with Crippen LogP contribution in [0, 0.1) is 0 Å². The van der Waals surface area contributed by atoms with Gasteiger partial charge in [0.1, 0.15) is 17.0 Å². The number of thioether (sulfide) groups is 1. The number of carbonyl (C=O) groups excluding carboxylic acids is 1. The number of carbonyl (C=O) groups is 1. The SMILES string of the molecule is CCCCCCCCC=CCCCCCCCC(=O)Nc1c(SC)ncnc1N(C)C. The van der Waals surface area contributed by atoms with Crippen molar-refractivity contribution in [3.63, 3.8) is 0 Å². The fraction of sp³-hybridized carbons (Fsp3) is 0.720. The summed E-state index contributed by atoms with van der Waals surface area (Å²) in [6.07, 6.45) is 25.2. The van der Waals surface area contributed by atoms with Gasteiger partial charge in [-0.1, -0.05) is 70.4 Å².